The van der Waals surface area contributed by atoms with Gasteiger partial charge in [-0.05, 0) is 122 Å². The Kier molecular flexibility index (Phi) is 10.3. The van der Waals surface area contributed by atoms with Crippen LogP contribution in [0.25, 0.3) is 77.2 Å². The van der Waals surface area contributed by atoms with Crippen LogP contribution in [-0.2, 0) is 0 Å². The highest BCUT2D eigenvalue weighted by atomic mass is 28.3. The van der Waals surface area contributed by atoms with Crippen molar-refractivity contribution in [3.63, 3.8) is 0 Å². The number of benzene rings is 10. The van der Waals surface area contributed by atoms with Crippen LogP contribution in [0.15, 0.2) is 249 Å². The van der Waals surface area contributed by atoms with Crippen molar-refractivity contribution < 1.29 is 0 Å². The summed E-state index contributed by atoms with van der Waals surface area (Å²) in [4.78, 5) is 0. The summed E-state index contributed by atoms with van der Waals surface area (Å²) in [6.07, 6.45) is 6.57. The fourth-order valence-electron chi connectivity index (χ4n) is 12.0. The predicted molar refractivity (Wildman–Crippen MR) is 295 cm³/mol. The summed E-state index contributed by atoms with van der Waals surface area (Å²) in [5.41, 5.74) is 13.6. The van der Waals surface area contributed by atoms with Crippen LogP contribution in [0.5, 0.6) is 0 Å². The van der Waals surface area contributed by atoms with Gasteiger partial charge in [-0.15, -0.1) is 0 Å². The van der Waals surface area contributed by atoms with E-state index in [0.717, 1.165) is 5.69 Å². The summed E-state index contributed by atoms with van der Waals surface area (Å²) in [5, 5.41) is 10.6. The molecule has 2 heterocycles. The Morgan fingerprint density at radius 3 is 1.39 bits per heavy atom. The van der Waals surface area contributed by atoms with E-state index < -0.39 is 8.07 Å². The van der Waals surface area contributed by atoms with E-state index in [1.54, 1.807) is 0 Å². The molecule has 0 N–H and O–H groups in total. The summed E-state index contributed by atoms with van der Waals surface area (Å²) in [6.45, 7) is 0. The first-order chi connectivity index (χ1) is 34.2. The number of nitrogens with zero attached hydrogens (tertiary/aromatic N) is 2. The van der Waals surface area contributed by atoms with Crippen molar-refractivity contribution in [2.75, 3.05) is 0 Å². The van der Waals surface area contributed by atoms with E-state index in [2.05, 4.69) is 258 Å². The predicted octanol–water partition coefficient (Wildman–Crippen LogP) is 14.6. The molecule has 0 bridgehead atoms. The molecule has 1 saturated carbocycles. The normalized spacial score (nSPS) is 13.4. The first-order valence-corrected chi connectivity index (χ1v) is 26.8. The van der Waals surface area contributed by atoms with Gasteiger partial charge in [-0.1, -0.05) is 213 Å². The minimum atomic E-state index is -2.79. The molecule has 1 aliphatic rings. The highest BCUT2D eigenvalue weighted by molar-refractivity contribution is 7.19. The molecule has 0 spiro atoms. The van der Waals surface area contributed by atoms with Crippen molar-refractivity contribution in [1.29, 1.82) is 0 Å². The zero-order valence-corrected chi connectivity index (χ0v) is 39.7. The Morgan fingerprint density at radius 1 is 0.290 bits per heavy atom. The summed E-state index contributed by atoms with van der Waals surface area (Å²) >= 11 is 0. The number of hydrogen-bond donors (Lipinski definition) is 0. The number of rotatable bonds is 9. The molecular formula is C66H52N2Si. The molecule has 330 valence electrons. The molecule has 13 rings (SSSR count). The quantitative estimate of drug-likeness (QED) is 0.101. The Morgan fingerprint density at radius 2 is 0.739 bits per heavy atom. The lowest BCUT2D eigenvalue weighted by molar-refractivity contribution is 0.444. The summed E-state index contributed by atoms with van der Waals surface area (Å²) in [5.74, 6) is 0.630. The van der Waals surface area contributed by atoms with E-state index >= 15 is 0 Å². The molecule has 69 heavy (non-hydrogen) atoms. The average Bonchev–Trinajstić information content (AvgIpc) is 3.94. The maximum absolute atomic E-state index is 2.79. The molecule has 0 radical (unpaired) electrons. The third-order valence-electron chi connectivity index (χ3n) is 15.3. The highest BCUT2D eigenvalue weighted by Crippen LogP contribution is 2.41. The molecule has 1 fully saturated rings. The van der Waals surface area contributed by atoms with Crippen LogP contribution in [0, 0.1) is 0 Å². The van der Waals surface area contributed by atoms with Gasteiger partial charge in [0.25, 0.3) is 0 Å². The first kappa shape index (κ1) is 41.2. The number of fused-ring (bicyclic) bond motifs is 6. The highest BCUT2D eigenvalue weighted by Gasteiger charge is 2.41. The molecule has 0 aliphatic heterocycles. The van der Waals surface area contributed by atoms with E-state index in [4.69, 9.17) is 0 Å². The maximum Gasteiger partial charge on any atom is 0.179 e. The molecular weight excluding hydrogens is 849 g/mol. The van der Waals surface area contributed by atoms with Crippen molar-refractivity contribution in [2.45, 2.75) is 38.0 Å². The second-order valence-corrected chi connectivity index (χ2v) is 22.9. The Labute approximate surface area is 405 Å². The van der Waals surface area contributed by atoms with Gasteiger partial charge in [0.15, 0.2) is 8.07 Å². The van der Waals surface area contributed by atoms with Gasteiger partial charge in [0.05, 0.1) is 22.1 Å². The van der Waals surface area contributed by atoms with Gasteiger partial charge in [0, 0.05) is 32.9 Å². The van der Waals surface area contributed by atoms with Crippen LogP contribution in [0.4, 0.5) is 0 Å². The zero-order chi connectivity index (χ0) is 45.7. The van der Waals surface area contributed by atoms with Crippen molar-refractivity contribution in [3.8, 4) is 33.6 Å². The number of aromatic nitrogens is 2. The molecule has 3 heteroatoms. The zero-order valence-electron chi connectivity index (χ0n) is 38.7. The van der Waals surface area contributed by atoms with Crippen LogP contribution >= 0.6 is 0 Å². The van der Waals surface area contributed by atoms with Crippen LogP contribution < -0.4 is 20.7 Å². The smallest absolute Gasteiger partial charge is 0.179 e. The van der Waals surface area contributed by atoms with Crippen LogP contribution in [0.2, 0.25) is 0 Å². The van der Waals surface area contributed by atoms with Gasteiger partial charge in [-0.25, -0.2) is 0 Å². The molecule has 0 saturated heterocycles. The number of para-hydroxylation sites is 1. The lowest BCUT2D eigenvalue weighted by Crippen LogP contribution is -2.74. The molecule has 2 nitrogen and oxygen atoms in total. The largest absolute Gasteiger partial charge is 0.309 e. The van der Waals surface area contributed by atoms with Gasteiger partial charge in [0.1, 0.15) is 0 Å². The van der Waals surface area contributed by atoms with E-state index in [1.165, 1.54) is 130 Å². The fourth-order valence-corrected chi connectivity index (χ4v) is 16.7. The molecule has 2 aromatic heterocycles. The maximum atomic E-state index is 2.53. The van der Waals surface area contributed by atoms with E-state index in [9.17, 15) is 0 Å². The van der Waals surface area contributed by atoms with E-state index in [-0.39, 0.29) is 0 Å². The van der Waals surface area contributed by atoms with Crippen molar-refractivity contribution >= 4 is 72.4 Å². The van der Waals surface area contributed by atoms with Gasteiger partial charge in [-0.2, -0.15) is 0 Å². The molecule has 0 unspecified atom stereocenters. The Bertz CT molecular complexity index is 3730. The lowest BCUT2D eigenvalue weighted by atomic mass is 9.83. The minimum absolute atomic E-state index is 0.630. The third-order valence-corrected chi connectivity index (χ3v) is 20.1. The molecule has 10 aromatic carbocycles. The monoisotopic (exact) mass is 900 g/mol. The van der Waals surface area contributed by atoms with Crippen molar-refractivity contribution in [1.82, 2.24) is 9.13 Å². The van der Waals surface area contributed by atoms with E-state index in [0.29, 0.717) is 5.92 Å². The molecule has 12 aromatic rings. The van der Waals surface area contributed by atoms with E-state index in [1.807, 2.05) is 0 Å². The average molecular weight is 901 g/mol. The standard InChI is InChI=1S/C66H52N2Si/c1-6-18-47(19-7-1)50-30-37-57(38-31-50)69(55-24-12-4-13-25-55,56-26-14-5-15-27-56)58-39-34-53(35-40-58)67-63-29-17-16-28-59(63)60-41-36-54(46-66(60)67)68-64-42-32-51(48-20-8-2-9-21-48)44-61(64)62-45-52(33-43-65(62)68)49-22-10-3-11-23-49/h1-2,4-9,12-21,24-46,49H,3,10-11,22-23H2. The van der Waals surface area contributed by atoms with Gasteiger partial charge in [-0.3, -0.25) is 0 Å². The first-order valence-electron chi connectivity index (χ1n) is 24.8. The summed E-state index contributed by atoms with van der Waals surface area (Å²) in [7, 11) is -2.79. The fraction of sp³-hybridized carbons (Fsp3) is 0.0909. The van der Waals surface area contributed by atoms with Crippen LogP contribution in [0.3, 0.4) is 0 Å². The topological polar surface area (TPSA) is 9.86 Å². The van der Waals surface area contributed by atoms with Crippen LogP contribution in [-0.4, -0.2) is 17.2 Å². The van der Waals surface area contributed by atoms with Gasteiger partial charge in [0.2, 0.25) is 0 Å². The molecule has 1 aliphatic carbocycles. The Balaban J connectivity index is 0.987. The SMILES string of the molecule is c1ccc(-c2ccc([Si](c3ccccc3)(c3ccccc3)c3ccc(-n4c5ccccc5c5ccc(-n6c7ccc(-c8ccccc8)cc7c7cc(C8CCCCC8)ccc76)cc54)cc3)cc2)cc1. The molecule has 0 amide bonds. The Hall–Kier alpha value is -7.98. The summed E-state index contributed by atoms with van der Waals surface area (Å²) < 4.78 is 5.00. The van der Waals surface area contributed by atoms with Gasteiger partial charge < -0.3 is 9.13 Å². The number of hydrogen-bond acceptors (Lipinski definition) is 0. The second-order valence-electron chi connectivity index (χ2n) is 19.1. The molecule has 0 atom stereocenters. The second kappa shape index (κ2) is 17.3. The van der Waals surface area contributed by atoms with Crippen LogP contribution in [0.1, 0.15) is 43.6 Å². The summed E-state index contributed by atoms with van der Waals surface area (Å²) in [6, 6.07) is 93.5. The minimum Gasteiger partial charge on any atom is -0.309 e. The lowest BCUT2D eigenvalue weighted by Gasteiger charge is -2.34. The van der Waals surface area contributed by atoms with Crippen molar-refractivity contribution in [2.24, 2.45) is 0 Å². The van der Waals surface area contributed by atoms with Crippen molar-refractivity contribution in [3.05, 3.63) is 254 Å². The third kappa shape index (κ3) is 6.99. The van der Waals surface area contributed by atoms with Gasteiger partial charge >= 0.3 is 0 Å².